The lowest BCUT2D eigenvalue weighted by atomic mass is 10.1. The molecule has 1 aliphatic rings. The van der Waals surface area contributed by atoms with Gasteiger partial charge in [0.25, 0.3) is 5.91 Å². The lowest BCUT2D eigenvalue weighted by Crippen LogP contribution is -2.31. The van der Waals surface area contributed by atoms with E-state index in [2.05, 4.69) is 14.8 Å². The SMILES string of the molecule is O=C1C(Nc2ccc(OC(F)(F)F)cc2)=CC(c2cc(F)cc(F)c2)N1c1ccc(OC(F)(F)F)cc1. The van der Waals surface area contributed by atoms with Crippen LogP contribution >= 0.6 is 0 Å². The standard InChI is InChI=1S/C24H14F8N2O3/c25-14-9-13(10-15(26)11-14)21-12-20(33-16-1-5-18(6-2-16)36-23(27,28)29)22(35)34(21)17-3-7-19(8-4-17)37-24(30,31)32/h1-12,21,33H. The topological polar surface area (TPSA) is 50.8 Å². The van der Waals surface area contributed by atoms with Gasteiger partial charge >= 0.3 is 12.7 Å². The zero-order chi connectivity index (χ0) is 27.0. The van der Waals surface area contributed by atoms with E-state index < -0.39 is 47.8 Å². The fourth-order valence-corrected chi connectivity index (χ4v) is 3.63. The van der Waals surface area contributed by atoms with Crippen LogP contribution < -0.4 is 19.7 Å². The average Bonchev–Trinajstić information content (AvgIpc) is 3.09. The largest absolute Gasteiger partial charge is 0.573 e. The molecule has 1 N–H and O–H groups in total. The maximum absolute atomic E-state index is 13.9. The third kappa shape index (κ3) is 6.48. The molecule has 37 heavy (non-hydrogen) atoms. The molecule has 1 heterocycles. The molecule has 0 spiro atoms. The molecule has 1 aliphatic heterocycles. The molecule has 194 valence electrons. The zero-order valence-electron chi connectivity index (χ0n) is 18.2. The van der Waals surface area contributed by atoms with E-state index in [0.29, 0.717) is 6.07 Å². The van der Waals surface area contributed by atoms with Crippen LogP contribution in [0.15, 0.2) is 78.5 Å². The third-order valence-corrected chi connectivity index (χ3v) is 4.99. The summed E-state index contributed by atoms with van der Waals surface area (Å²) in [6.07, 6.45) is -8.52. The molecule has 4 rings (SSSR count). The number of amides is 1. The number of alkyl halides is 6. The van der Waals surface area contributed by atoms with E-state index in [9.17, 15) is 39.9 Å². The van der Waals surface area contributed by atoms with Gasteiger partial charge in [-0.3, -0.25) is 9.69 Å². The Labute approximate surface area is 203 Å². The lowest BCUT2D eigenvalue weighted by Gasteiger charge is -2.25. The number of carbonyl (C=O) groups is 1. The minimum atomic E-state index is -4.94. The molecule has 0 saturated heterocycles. The van der Waals surface area contributed by atoms with Crippen LogP contribution in [0.1, 0.15) is 11.6 Å². The predicted molar refractivity (Wildman–Crippen MR) is 115 cm³/mol. The fourth-order valence-electron chi connectivity index (χ4n) is 3.63. The maximum Gasteiger partial charge on any atom is 0.573 e. The van der Waals surface area contributed by atoms with Crippen LogP contribution in [0.4, 0.5) is 46.5 Å². The molecular weight excluding hydrogens is 516 g/mol. The Morgan fingerprint density at radius 1 is 0.730 bits per heavy atom. The van der Waals surface area contributed by atoms with Crippen LogP contribution in [0.25, 0.3) is 0 Å². The Hall–Kier alpha value is -4.29. The number of anilines is 2. The molecule has 0 aliphatic carbocycles. The number of ether oxygens (including phenoxy) is 2. The first-order chi connectivity index (χ1) is 17.3. The maximum atomic E-state index is 13.9. The van der Waals surface area contributed by atoms with Crippen molar-refractivity contribution in [1.29, 1.82) is 0 Å². The van der Waals surface area contributed by atoms with Crippen LogP contribution in [0.3, 0.4) is 0 Å². The summed E-state index contributed by atoms with van der Waals surface area (Å²) in [4.78, 5) is 14.3. The van der Waals surface area contributed by atoms with E-state index >= 15 is 0 Å². The van der Waals surface area contributed by atoms with Crippen LogP contribution in [-0.4, -0.2) is 18.6 Å². The molecule has 1 atom stereocenters. The van der Waals surface area contributed by atoms with E-state index in [1.807, 2.05) is 0 Å². The van der Waals surface area contributed by atoms with E-state index in [1.165, 1.54) is 18.2 Å². The van der Waals surface area contributed by atoms with Gasteiger partial charge in [0.05, 0.1) is 6.04 Å². The van der Waals surface area contributed by atoms with Crippen molar-refractivity contribution in [2.24, 2.45) is 0 Å². The van der Waals surface area contributed by atoms with E-state index in [1.54, 1.807) is 0 Å². The number of hydrogen-bond donors (Lipinski definition) is 1. The van der Waals surface area contributed by atoms with Crippen molar-refractivity contribution in [3.63, 3.8) is 0 Å². The second-order valence-corrected chi connectivity index (χ2v) is 7.64. The highest BCUT2D eigenvalue weighted by Gasteiger charge is 2.36. The van der Waals surface area contributed by atoms with Gasteiger partial charge in [-0.05, 0) is 72.3 Å². The van der Waals surface area contributed by atoms with Crippen LogP contribution in [0, 0.1) is 11.6 Å². The first-order valence-electron chi connectivity index (χ1n) is 10.3. The van der Waals surface area contributed by atoms with E-state index in [-0.39, 0.29) is 22.6 Å². The molecule has 0 radical (unpaired) electrons. The number of halogens is 8. The average molecular weight is 530 g/mol. The van der Waals surface area contributed by atoms with E-state index in [4.69, 9.17) is 0 Å². The van der Waals surface area contributed by atoms with Crippen molar-refractivity contribution < 1.29 is 49.4 Å². The van der Waals surface area contributed by atoms with Gasteiger partial charge in [-0.15, -0.1) is 26.3 Å². The molecule has 1 unspecified atom stereocenters. The third-order valence-electron chi connectivity index (χ3n) is 4.99. The highest BCUT2D eigenvalue weighted by atomic mass is 19.4. The Balaban J connectivity index is 1.65. The highest BCUT2D eigenvalue weighted by molar-refractivity contribution is 6.11. The quantitative estimate of drug-likeness (QED) is 0.355. The number of benzene rings is 3. The number of carbonyl (C=O) groups excluding carboxylic acids is 1. The van der Waals surface area contributed by atoms with Gasteiger partial charge in [-0.25, -0.2) is 8.78 Å². The van der Waals surface area contributed by atoms with Crippen molar-refractivity contribution in [2.75, 3.05) is 10.2 Å². The summed E-state index contributed by atoms with van der Waals surface area (Å²) in [7, 11) is 0. The van der Waals surface area contributed by atoms with Gasteiger partial charge in [0.1, 0.15) is 28.8 Å². The molecule has 13 heteroatoms. The van der Waals surface area contributed by atoms with Crippen molar-refractivity contribution in [3.8, 4) is 11.5 Å². The molecule has 0 aromatic heterocycles. The summed E-state index contributed by atoms with van der Waals surface area (Å²) >= 11 is 0. The van der Waals surface area contributed by atoms with Crippen molar-refractivity contribution in [1.82, 2.24) is 0 Å². The predicted octanol–water partition coefficient (Wildman–Crippen LogP) is 6.85. The summed E-state index contributed by atoms with van der Waals surface area (Å²) in [5.74, 6) is -3.63. The number of rotatable bonds is 6. The summed E-state index contributed by atoms with van der Waals surface area (Å²) in [5, 5.41) is 2.72. The number of hydrogen-bond acceptors (Lipinski definition) is 4. The lowest BCUT2D eigenvalue weighted by molar-refractivity contribution is -0.275. The summed E-state index contributed by atoms with van der Waals surface area (Å²) in [6, 6.07) is 10.2. The molecule has 3 aromatic rings. The monoisotopic (exact) mass is 530 g/mol. The molecule has 3 aromatic carbocycles. The zero-order valence-corrected chi connectivity index (χ0v) is 18.2. The molecule has 1 amide bonds. The van der Waals surface area contributed by atoms with Gasteiger partial charge in [-0.2, -0.15) is 0 Å². The van der Waals surface area contributed by atoms with Gasteiger partial charge in [0.2, 0.25) is 0 Å². The van der Waals surface area contributed by atoms with Gasteiger partial charge < -0.3 is 14.8 Å². The summed E-state index contributed by atoms with van der Waals surface area (Å²) in [6.45, 7) is 0. The molecule has 0 fully saturated rings. The minimum Gasteiger partial charge on any atom is -0.406 e. The Bertz CT molecular complexity index is 1300. The second kappa shape index (κ2) is 9.64. The molecule has 0 saturated carbocycles. The first-order valence-corrected chi connectivity index (χ1v) is 10.3. The van der Waals surface area contributed by atoms with E-state index in [0.717, 1.165) is 53.4 Å². The Morgan fingerprint density at radius 2 is 1.22 bits per heavy atom. The minimum absolute atomic E-state index is 0.0205. The van der Waals surface area contributed by atoms with Crippen LogP contribution in [0.5, 0.6) is 11.5 Å². The first kappa shape index (κ1) is 25.8. The fraction of sp³-hybridized carbons (Fsp3) is 0.125. The molecular formula is C24H14F8N2O3. The number of nitrogens with one attached hydrogen (secondary N) is 1. The van der Waals surface area contributed by atoms with Gasteiger partial charge in [-0.1, -0.05) is 0 Å². The van der Waals surface area contributed by atoms with Crippen molar-refractivity contribution >= 4 is 17.3 Å². The van der Waals surface area contributed by atoms with Crippen molar-refractivity contribution in [2.45, 2.75) is 18.8 Å². The Kier molecular flexibility index (Phi) is 6.72. The normalized spacial score (nSPS) is 16.0. The van der Waals surface area contributed by atoms with Crippen LogP contribution in [0.2, 0.25) is 0 Å². The summed E-state index contributed by atoms with van der Waals surface area (Å²) in [5.41, 5.74) is 0.187. The molecule has 5 nitrogen and oxygen atoms in total. The second-order valence-electron chi connectivity index (χ2n) is 7.64. The molecule has 0 bridgehead atoms. The van der Waals surface area contributed by atoms with Crippen molar-refractivity contribution in [3.05, 3.63) is 95.7 Å². The van der Waals surface area contributed by atoms with Gasteiger partial charge in [0, 0.05) is 17.4 Å². The summed E-state index contributed by atoms with van der Waals surface area (Å²) < 4.78 is 110. The Morgan fingerprint density at radius 3 is 1.70 bits per heavy atom. The smallest absolute Gasteiger partial charge is 0.406 e. The van der Waals surface area contributed by atoms with Gasteiger partial charge in [0.15, 0.2) is 0 Å². The van der Waals surface area contributed by atoms with Crippen LogP contribution in [-0.2, 0) is 4.79 Å². The number of nitrogens with zero attached hydrogens (tertiary/aromatic N) is 1. The highest BCUT2D eigenvalue weighted by Crippen LogP contribution is 2.38.